The molecule has 0 fully saturated rings. The zero-order chi connectivity index (χ0) is 21.2. The van der Waals surface area contributed by atoms with Gasteiger partial charge in [0.25, 0.3) is 0 Å². The van der Waals surface area contributed by atoms with Crippen LogP contribution in [0.3, 0.4) is 0 Å². The lowest BCUT2D eigenvalue weighted by molar-refractivity contribution is 0.173. The number of benzene rings is 2. The molecular formula is C23H23N3O3S2. The van der Waals surface area contributed by atoms with Gasteiger partial charge in [-0.15, -0.1) is 11.8 Å². The molecular weight excluding hydrogens is 430 g/mol. The Balaban J connectivity index is 1.37. The predicted octanol–water partition coefficient (Wildman–Crippen LogP) is 3.92. The molecule has 4 aliphatic heterocycles. The van der Waals surface area contributed by atoms with Crippen LogP contribution in [0.15, 0.2) is 41.4 Å². The molecule has 2 aromatic rings. The average molecular weight is 454 g/mol. The molecule has 4 heterocycles. The number of hydrogen-bond donors (Lipinski definition) is 1. The summed E-state index contributed by atoms with van der Waals surface area (Å²) < 4.78 is 17.3. The van der Waals surface area contributed by atoms with Crippen LogP contribution in [-0.2, 0) is 5.54 Å². The molecule has 0 saturated carbocycles. The number of nitrogens with zero attached hydrogens (tertiary/aromatic N) is 2. The molecule has 4 aliphatic rings. The summed E-state index contributed by atoms with van der Waals surface area (Å²) in [5.41, 5.74) is 2.78. The summed E-state index contributed by atoms with van der Waals surface area (Å²) in [4.78, 5) is 6.96. The Morgan fingerprint density at radius 1 is 1.16 bits per heavy atom. The van der Waals surface area contributed by atoms with Gasteiger partial charge in [0.15, 0.2) is 16.6 Å². The van der Waals surface area contributed by atoms with Crippen molar-refractivity contribution in [1.29, 1.82) is 0 Å². The summed E-state index contributed by atoms with van der Waals surface area (Å²) in [5, 5.41) is 5.98. The number of thiocarbonyl (C=S) groups is 1. The summed E-state index contributed by atoms with van der Waals surface area (Å²) in [6.45, 7) is 6.75. The van der Waals surface area contributed by atoms with Crippen molar-refractivity contribution < 1.29 is 14.2 Å². The van der Waals surface area contributed by atoms with Crippen molar-refractivity contribution in [3.63, 3.8) is 0 Å². The first kappa shape index (κ1) is 19.3. The molecule has 0 amide bonds. The van der Waals surface area contributed by atoms with Crippen LogP contribution in [0, 0.1) is 5.92 Å². The minimum Gasteiger partial charge on any atom is -0.490 e. The Hall–Kier alpha value is -2.45. The average Bonchev–Trinajstić information content (AvgIpc) is 3.49. The van der Waals surface area contributed by atoms with Gasteiger partial charge < -0.3 is 24.4 Å². The van der Waals surface area contributed by atoms with Gasteiger partial charge >= 0.3 is 0 Å². The summed E-state index contributed by atoms with van der Waals surface area (Å²) in [5.74, 6) is 2.75. The summed E-state index contributed by atoms with van der Waals surface area (Å²) in [6, 6.07) is 12.4. The van der Waals surface area contributed by atoms with Gasteiger partial charge in [0, 0.05) is 40.6 Å². The van der Waals surface area contributed by atoms with Crippen LogP contribution >= 0.6 is 24.0 Å². The van der Waals surface area contributed by atoms with Gasteiger partial charge in [-0.25, -0.2) is 0 Å². The molecule has 6 nitrogen and oxygen atoms in total. The molecule has 160 valence electrons. The quantitative estimate of drug-likeness (QED) is 0.707. The minimum atomic E-state index is -0.539. The molecule has 2 unspecified atom stereocenters. The van der Waals surface area contributed by atoms with Gasteiger partial charge in [-0.2, -0.15) is 0 Å². The summed E-state index contributed by atoms with van der Waals surface area (Å²) in [7, 11) is 0. The molecule has 1 N–H and O–H groups in total. The second-order valence-corrected chi connectivity index (χ2v) is 10.2. The number of aliphatic imine (C=N–C) groups is 1. The molecule has 0 aromatic heterocycles. The Morgan fingerprint density at radius 2 is 1.97 bits per heavy atom. The van der Waals surface area contributed by atoms with Gasteiger partial charge in [0.2, 0.25) is 6.79 Å². The molecule has 2 atom stereocenters. The Labute approximate surface area is 191 Å². The molecule has 2 aromatic carbocycles. The first-order valence-corrected chi connectivity index (χ1v) is 11.8. The van der Waals surface area contributed by atoms with E-state index in [2.05, 4.69) is 48.3 Å². The van der Waals surface area contributed by atoms with Gasteiger partial charge in [-0.1, -0.05) is 32.0 Å². The highest BCUT2D eigenvalue weighted by Crippen LogP contribution is 2.51. The first-order chi connectivity index (χ1) is 15.0. The van der Waals surface area contributed by atoms with Gasteiger partial charge in [-0.05, 0) is 24.4 Å². The van der Waals surface area contributed by atoms with Crippen LogP contribution in [0.5, 0.6) is 17.2 Å². The maximum absolute atomic E-state index is 6.13. The van der Waals surface area contributed by atoms with Crippen molar-refractivity contribution >= 4 is 39.8 Å². The van der Waals surface area contributed by atoms with Crippen LogP contribution in [0.4, 0.5) is 5.69 Å². The fourth-order valence-electron chi connectivity index (χ4n) is 4.70. The van der Waals surface area contributed by atoms with Crippen LogP contribution in [0.2, 0.25) is 0 Å². The number of thioether (sulfide) groups is 1. The van der Waals surface area contributed by atoms with E-state index in [0.29, 0.717) is 22.9 Å². The van der Waals surface area contributed by atoms with E-state index >= 15 is 0 Å². The summed E-state index contributed by atoms with van der Waals surface area (Å²) in [6.07, 6.45) is 0. The number of hydrogen-bond acceptors (Lipinski definition) is 6. The second-order valence-electron chi connectivity index (χ2n) is 8.53. The number of nitrogens with one attached hydrogen (secondary N) is 1. The molecule has 1 spiro atoms. The van der Waals surface area contributed by atoms with Gasteiger partial charge in [0.1, 0.15) is 17.9 Å². The summed E-state index contributed by atoms with van der Waals surface area (Å²) >= 11 is 7.79. The lowest BCUT2D eigenvalue weighted by atomic mass is 9.81. The SMILES string of the molecule is CC(C)C1=NCC(CN2C(=S)NC3(COc4cc5c(cc43)OCO5)c3ccccc32)S1. The molecule has 31 heavy (non-hydrogen) atoms. The molecule has 0 bridgehead atoms. The van der Waals surface area contributed by atoms with E-state index in [0.717, 1.165) is 47.2 Å². The smallest absolute Gasteiger partial charge is 0.231 e. The normalized spacial score (nSPS) is 25.4. The van der Waals surface area contributed by atoms with E-state index in [1.54, 1.807) is 0 Å². The van der Waals surface area contributed by atoms with Crippen LogP contribution < -0.4 is 24.4 Å². The van der Waals surface area contributed by atoms with Crippen molar-refractivity contribution in [3.05, 3.63) is 47.5 Å². The largest absolute Gasteiger partial charge is 0.490 e. The number of para-hydroxylation sites is 1. The Kier molecular flexibility index (Phi) is 4.37. The van der Waals surface area contributed by atoms with Crippen molar-refractivity contribution in [1.82, 2.24) is 5.32 Å². The number of rotatable bonds is 3. The second kappa shape index (κ2) is 7.03. The van der Waals surface area contributed by atoms with Crippen LogP contribution in [0.1, 0.15) is 25.0 Å². The monoisotopic (exact) mass is 453 g/mol. The van der Waals surface area contributed by atoms with E-state index in [4.69, 9.17) is 31.4 Å². The highest BCUT2D eigenvalue weighted by atomic mass is 32.2. The van der Waals surface area contributed by atoms with Gasteiger partial charge in [-0.3, -0.25) is 4.99 Å². The Morgan fingerprint density at radius 3 is 2.77 bits per heavy atom. The van der Waals surface area contributed by atoms with Crippen molar-refractivity contribution in [2.45, 2.75) is 24.6 Å². The van der Waals surface area contributed by atoms with Crippen molar-refractivity contribution in [2.24, 2.45) is 10.9 Å². The van der Waals surface area contributed by atoms with E-state index in [9.17, 15) is 0 Å². The molecule has 0 aliphatic carbocycles. The molecule has 0 saturated heterocycles. The highest BCUT2D eigenvalue weighted by Gasteiger charge is 2.49. The molecule has 6 rings (SSSR count). The standard InChI is InChI=1S/C23H23N3O3S2/c1-13(2)21-24-9-14(31-21)10-26-17-6-4-3-5-15(17)23(25-22(26)30)11-27-18-8-20-19(7-16(18)23)28-12-29-20/h3-8,13-14H,9-12H2,1-2H3,(H,25,30). The molecule has 8 heteroatoms. The first-order valence-electron chi connectivity index (χ1n) is 10.5. The maximum Gasteiger partial charge on any atom is 0.231 e. The zero-order valence-electron chi connectivity index (χ0n) is 17.4. The predicted molar refractivity (Wildman–Crippen MR) is 127 cm³/mol. The number of fused-ring (bicyclic) bond motifs is 5. The van der Waals surface area contributed by atoms with E-state index in [-0.39, 0.29) is 6.79 Å². The van der Waals surface area contributed by atoms with Crippen molar-refractivity contribution in [2.75, 3.05) is 31.4 Å². The molecule has 0 radical (unpaired) electrons. The van der Waals surface area contributed by atoms with Crippen LogP contribution in [0.25, 0.3) is 0 Å². The minimum absolute atomic E-state index is 0.237. The fourth-order valence-corrected chi connectivity index (χ4v) is 6.18. The number of anilines is 1. The van der Waals surface area contributed by atoms with E-state index < -0.39 is 5.54 Å². The van der Waals surface area contributed by atoms with Crippen molar-refractivity contribution in [3.8, 4) is 17.2 Å². The Bertz CT molecular complexity index is 1120. The third-order valence-electron chi connectivity index (χ3n) is 6.22. The fraction of sp³-hybridized carbons (Fsp3) is 0.391. The highest BCUT2D eigenvalue weighted by molar-refractivity contribution is 8.14. The van der Waals surface area contributed by atoms with Crippen LogP contribution in [-0.4, -0.2) is 41.9 Å². The topological polar surface area (TPSA) is 55.3 Å². The number of ether oxygens (including phenoxy) is 3. The maximum atomic E-state index is 6.13. The van der Waals surface area contributed by atoms with Gasteiger partial charge in [0.05, 0.1) is 11.6 Å². The third kappa shape index (κ3) is 2.91. The zero-order valence-corrected chi connectivity index (χ0v) is 19.0. The van der Waals surface area contributed by atoms with E-state index in [1.807, 2.05) is 23.9 Å². The lowest BCUT2D eigenvalue weighted by Gasteiger charge is -2.43. The lowest BCUT2D eigenvalue weighted by Crippen LogP contribution is -2.58. The van der Waals surface area contributed by atoms with E-state index in [1.165, 1.54) is 5.04 Å². The third-order valence-corrected chi connectivity index (χ3v) is 8.01.